The third kappa shape index (κ3) is 4.83. The maximum Gasteiger partial charge on any atom is 0.239 e. The van der Waals surface area contributed by atoms with Gasteiger partial charge in [0.2, 0.25) is 5.91 Å². The summed E-state index contributed by atoms with van der Waals surface area (Å²) in [6, 6.07) is -0.324. The van der Waals surface area contributed by atoms with Crippen LogP contribution in [0.2, 0.25) is 0 Å². The molecule has 0 aromatic carbocycles. The highest BCUT2D eigenvalue weighted by atomic mass is 35.5. The maximum atomic E-state index is 12.3. The Balaban J connectivity index is 0.00000220. The topological polar surface area (TPSA) is 49.6 Å². The lowest BCUT2D eigenvalue weighted by Crippen LogP contribution is -2.50. The number of carbonyl (C=O) groups excluding carboxylic acids is 1. The quantitative estimate of drug-likeness (QED) is 0.866. The average molecular weight is 318 g/mol. The Labute approximate surface area is 135 Å². The summed E-state index contributed by atoms with van der Waals surface area (Å²) in [7, 11) is 2.21. The van der Waals surface area contributed by atoms with Crippen molar-refractivity contribution in [3.8, 4) is 0 Å². The lowest BCUT2D eigenvalue weighted by atomic mass is 9.79. The summed E-state index contributed by atoms with van der Waals surface area (Å²) < 4.78 is 0. The standard InChI is InChI=1S/C16H31N3O.ClH/c1-12(2)15(17)16(20)19-10-6-14(7-11-19)13-4-8-18(3)9-5-13;/h12-15H,4-11,17H2,1-3H3;1H/t15-;/m1./s1. The van der Waals surface area contributed by atoms with Crippen LogP contribution in [-0.4, -0.2) is 55.0 Å². The van der Waals surface area contributed by atoms with Gasteiger partial charge in [0, 0.05) is 13.1 Å². The first-order valence-corrected chi connectivity index (χ1v) is 8.22. The van der Waals surface area contributed by atoms with Gasteiger partial charge in [0.15, 0.2) is 0 Å². The molecule has 0 radical (unpaired) electrons. The third-order valence-corrected chi connectivity index (χ3v) is 5.28. The highest BCUT2D eigenvalue weighted by Gasteiger charge is 2.32. The summed E-state index contributed by atoms with van der Waals surface area (Å²) in [6.07, 6.45) is 5.01. The zero-order valence-corrected chi connectivity index (χ0v) is 14.6. The molecule has 124 valence electrons. The number of nitrogens with zero attached hydrogens (tertiary/aromatic N) is 2. The number of carbonyl (C=O) groups is 1. The molecule has 2 aliphatic rings. The Kier molecular flexibility index (Phi) is 7.45. The monoisotopic (exact) mass is 317 g/mol. The van der Waals surface area contributed by atoms with E-state index in [9.17, 15) is 4.79 Å². The van der Waals surface area contributed by atoms with E-state index in [1.807, 2.05) is 18.7 Å². The molecule has 0 aromatic heterocycles. The van der Waals surface area contributed by atoms with Crippen LogP contribution in [-0.2, 0) is 4.79 Å². The van der Waals surface area contributed by atoms with Gasteiger partial charge >= 0.3 is 0 Å². The second-order valence-electron chi connectivity index (χ2n) is 7.07. The predicted molar refractivity (Wildman–Crippen MR) is 89.6 cm³/mol. The fourth-order valence-corrected chi connectivity index (χ4v) is 3.59. The first kappa shape index (κ1) is 18.7. The lowest BCUT2D eigenvalue weighted by molar-refractivity contribution is -0.135. The van der Waals surface area contributed by atoms with Crippen molar-refractivity contribution in [1.82, 2.24) is 9.80 Å². The van der Waals surface area contributed by atoms with E-state index < -0.39 is 0 Å². The van der Waals surface area contributed by atoms with Crippen molar-refractivity contribution in [2.75, 3.05) is 33.2 Å². The van der Waals surface area contributed by atoms with Gasteiger partial charge < -0.3 is 15.5 Å². The lowest BCUT2D eigenvalue weighted by Gasteiger charge is -2.40. The van der Waals surface area contributed by atoms with Crippen molar-refractivity contribution in [3.63, 3.8) is 0 Å². The third-order valence-electron chi connectivity index (χ3n) is 5.28. The minimum atomic E-state index is -0.324. The van der Waals surface area contributed by atoms with Crippen LogP contribution in [0.15, 0.2) is 0 Å². The Bertz CT molecular complexity index is 321. The fraction of sp³-hybridized carbons (Fsp3) is 0.938. The van der Waals surface area contributed by atoms with Gasteiger partial charge in [-0.1, -0.05) is 13.8 Å². The number of likely N-dealkylation sites (tertiary alicyclic amines) is 2. The van der Waals surface area contributed by atoms with Crippen molar-refractivity contribution >= 4 is 18.3 Å². The molecule has 5 heteroatoms. The maximum absolute atomic E-state index is 12.3. The summed E-state index contributed by atoms with van der Waals surface area (Å²) in [5.41, 5.74) is 5.99. The zero-order valence-electron chi connectivity index (χ0n) is 13.8. The molecule has 2 N–H and O–H groups in total. The van der Waals surface area contributed by atoms with Gasteiger partial charge in [0.25, 0.3) is 0 Å². The van der Waals surface area contributed by atoms with Crippen LogP contribution in [0.5, 0.6) is 0 Å². The summed E-state index contributed by atoms with van der Waals surface area (Å²) in [5, 5.41) is 0. The number of piperidine rings is 2. The number of hydrogen-bond acceptors (Lipinski definition) is 3. The molecule has 1 amide bonds. The van der Waals surface area contributed by atoms with Crippen LogP contribution in [0, 0.1) is 17.8 Å². The second kappa shape index (κ2) is 8.35. The van der Waals surface area contributed by atoms with Gasteiger partial charge in [-0.05, 0) is 63.6 Å². The Morgan fingerprint density at radius 3 is 1.86 bits per heavy atom. The zero-order chi connectivity index (χ0) is 14.7. The fourth-order valence-electron chi connectivity index (χ4n) is 3.59. The largest absolute Gasteiger partial charge is 0.341 e. The van der Waals surface area contributed by atoms with Crippen molar-refractivity contribution in [3.05, 3.63) is 0 Å². The molecule has 0 saturated carbocycles. The van der Waals surface area contributed by atoms with Gasteiger partial charge in [-0.3, -0.25) is 4.79 Å². The van der Waals surface area contributed by atoms with Crippen LogP contribution in [0.3, 0.4) is 0 Å². The van der Waals surface area contributed by atoms with E-state index in [1.165, 1.54) is 38.8 Å². The van der Waals surface area contributed by atoms with Crippen LogP contribution in [0.25, 0.3) is 0 Å². The summed E-state index contributed by atoms with van der Waals surface area (Å²) >= 11 is 0. The minimum Gasteiger partial charge on any atom is -0.341 e. The van der Waals surface area contributed by atoms with E-state index in [0.29, 0.717) is 0 Å². The molecule has 2 fully saturated rings. The molecule has 2 aliphatic heterocycles. The Morgan fingerprint density at radius 2 is 1.43 bits per heavy atom. The molecule has 1 atom stereocenters. The Morgan fingerprint density at radius 1 is 1.00 bits per heavy atom. The van der Waals surface area contributed by atoms with Gasteiger partial charge in [-0.2, -0.15) is 0 Å². The van der Waals surface area contributed by atoms with Crippen molar-refractivity contribution in [2.24, 2.45) is 23.5 Å². The summed E-state index contributed by atoms with van der Waals surface area (Å²) in [4.78, 5) is 16.7. The number of rotatable bonds is 3. The van der Waals surface area contributed by atoms with Crippen molar-refractivity contribution in [1.29, 1.82) is 0 Å². The van der Waals surface area contributed by atoms with Crippen LogP contribution >= 0.6 is 12.4 Å². The van der Waals surface area contributed by atoms with E-state index in [1.54, 1.807) is 0 Å². The van der Waals surface area contributed by atoms with Crippen molar-refractivity contribution in [2.45, 2.75) is 45.6 Å². The van der Waals surface area contributed by atoms with Gasteiger partial charge in [-0.15, -0.1) is 12.4 Å². The highest BCUT2D eigenvalue weighted by molar-refractivity contribution is 5.85. The highest BCUT2D eigenvalue weighted by Crippen LogP contribution is 2.32. The SMILES string of the molecule is CC(C)[C@@H](N)C(=O)N1CCC(C2CCN(C)CC2)CC1.Cl. The summed E-state index contributed by atoms with van der Waals surface area (Å²) in [5.74, 6) is 2.08. The van der Waals surface area contributed by atoms with Gasteiger partial charge in [0.1, 0.15) is 0 Å². The van der Waals surface area contributed by atoms with Crippen LogP contribution in [0.1, 0.15) is 39.5 Å². The molecule has 2 rings (SSSR count). The molecule has 0 unspecified atom stereocenters. The van der Waals surface area contributed by atoms with Gasteiger partial charge in [-0.25, -0.2) is 0 Å². The molecule has 4 nitrogen and oxygen atoms in total. The van der Waals surface area contributed by atoms with E-state index in [2.05, 4.69) is 11.9 Å². The molecule has 0 bridgehead atoms. The minimum absolute atomic E-state index is 0. The molecule has 0 aromatic rings. The number of nitrogens with two attached hydrogens (primary N) is 1. The smallest absolute Gasteiger partial charge is 0.239 e. The first-order chi connectivity index (χ1) is 9.49. The van der Waals surface area contributed by atoms with Crippen LogP contribution in [0.4, 0.5) is 0 Å². The van der Waals surface area contributed by atoms with E-state index in [0.717, 1.165) is 24.9 Å². The molecular formula is C16H32ClN3O. The molecular weight excluding hydrogens is 286 g/mol. The predicted octanol–water partition coefficient (Wildman–Crippen LogP) is 1.97. The molecule has 2 heterocycles. The van der Waals surface area contributed by atoms with E-state index >= 15 is 0 Å². The second-order valence-corrected chi connectivity index (χ2v) is 7.07. The normalized spacial score (nSPS) is 24.0. The van der Waals surface area contributed by atoms with Crippen molar-refractivity contribution < 1.29 is 4.79 Å². The molecule has 2 saturated heterocycles. The van der Waals surface area contributed by atoms with Gasteiger partial charge in [0.05, 0.1) is 6.04 Å². The average Bonchev–Trinajstić information content (AvgIpc) is 2.46. The molecule has 21 heavy (non-hydrogen) atoms. The molecule has 0 aliphatic carbocycles. The Hall–Kier alpha value is -0.320. The number of hydrogen-bond donors (Lipinski definition) is 1. The first-order valence-electron chi connectivity index (χ1n) is 8.22. The number of amides is 1. The van der Waals surface area contributed by atoms with Crippen LogP contribution < -0.4 is 5.73 Å². The van der Waals surface area contributed by atoms with E-state index in [4.69, 9.17) is 5.73 Å². The molecule has 0 spiro atoms. The summed E-state index contributed by atoms with van der Waals surface area (Å²) in [6.45, 7) is 8.35. The number of halogens is 1. The van der Waals surface area contributed by atoms with E-state index in [-0.39, 0.29) is 30.3 Å².